The second-order valence-corrected chi connectivity index (χ2v) is 5.63. The van der Waals surface area contributed by atoms with Gasteiger partial charge in [-0.2, -0.15) is 0 Å². The largest absolute Gasteiger partial charge is 0.439 e. The quantitative estimate of drug-likeness (QED) is 0.727. The van der Waals surface area contributed by atoms with Gasteiger partial charge in [0.05, 0.1) is 10.6 Å². The minimum absolute atomic E-state index is 0.0697. The van der Waals surface area contributed by atoms with Crippen LogP contribution < -0.4 is 10.1 Å². The second-order valence-electron chi connectivity index (χ2n) is 5.22. The van der Waals surface area contributed by atoms with Crippen molar-refractivity contribution in [1.29, 1.82) is 0 Å². The van der Waals surface area contributed by atoms with Gasteiger partial charge in [-0.1, -0.05) is 29.8 Å². The van der Waals surface area contributed by atoms with E-state index in [4.69, 9.17) is 16.3 Å². The van der Waals surface area contributed by atoms with Gasteiger partial charge in [-0.05, 0) is 42.0 Å². The van der Waals surface area contributed by atoms with E-state index in [9.17, 15) is 9.18 Å². The minimum Gasteiger partial charge on any atom is -0.439 e. The van der Waals surface area contributed by atoms with Crippen molar-refractivity contribution in [3.63, 3.8) is 0 Å². The summed E-state index contributed by atoms with van der Waals surface area (Å²) in [6.45, 7) is 0.264. The topological polar surface area (TPSA) is 51.2 Å². The Bertz CT molecular complexity index is 888. The monoisotopic (exact) mass is 356 g/mol. The number of nitrogens with zero attached hydrogens (tertiary/aromatic N) is 1. The second kappa shape index (κ2) is 7.77. The lowest BCUT2D eigenvalue weighted by Gasteiger charge is -2.09. The molecule has 1 amide bonds. The Morgan fingerprint density at radius 2 is 1.92 bits per heavy atom. The van der Waals surface area contributed by atoms with Crippen LogP contribution in [0.3, 0.4) is 0 Å². The van der Waals surface area contributed by atoms with E-state index in [2.05, 4.69) is 10.3 Å². The molecule has 0 saturated carbocycles. The van der Waals surface area contributed by atoms with Gasteiger partial charge in [0, 0.05) is 18.8 Å². The molecule has 0 unspecified atom stereocenters. The maximum absolute atomic E-state index is 13.0. The van der Waals surface area contributed by atoms with Crippen LogP contribution in [0.15, 0.2) is 66.9 Å². The molecule has 0 atom stereocenters. The van der Waals surface area contributed by atoms with Crippen molar-refractivity contribution in [2.45, 2.75) is 6.54 Å². The molecule has 3 aromatic rings. The maximum atomic E-state index is 13.0. The number of hydrogen-bond donors (Lipinski definition) is 1. The molecule has 0 saturated heterocycles. The Morgan fingerprint density at radius 3 is 2.68 bits per heavy atom. The maximum Gasteiger partial charge on any atom is 0.253 e. The van der Waals surface area contributed by atoms with Gasteiger partial charge in [0.15, 0.2) is 0 Å². The minimum atomic E-state index is -0.488. The van der Waals surface area contributed by atoms with Crippen molar-refractivity contribution in [1.82, 2.24) is 10.3 Å². The molecule has 1 heterocycles. The summed E-state index contributed by atoms with van der Waals surface area (Å²) in [7, 11) is 0. The highest BCUT2D eigenvalue weighted by molar-refractivity contribution is 6.33. The fourth-order valence-corrected chi connectivity index (χ4v) is 2.43. The smallest absolute Gasteiger partial charge is 0.253 e. The Hall–Kier alpha value is -2.92. The molecule has 6 heteroatoms. The van der Waals surface area contributed by atoms with Crippen molar-refractivity contribution in [3.05, 3.63) is 88.8 Å². The van der Waals surface area contributed by atoms with Crippen molar-refractivity contribution in [2.24, 2.45) is 0 Å². The fraction of sp³-hybridized carbons (Fsp3) is 0.0526. The number of amides is 1. The average molecular weight is 357 g/mol. The molecule has 4 nitrogen and oxygen atoms in total. The van der Waals surface area contributed by atoms with Gasteiger partial charge in [0.25, 0.3) is 5.91 Å². The molecule has 0 aliphatic heterocycles. The van der Waals surface area contributed by atoms with Crippen molar-refractivity contribution < 1.29 is 13.9 Å². The summed E-state index contributed by atoms with van der Waals surface area (Å²) in [5.41, 5.74) is 1.03. The molecule has 0 aliphatic rings. The standard InChI is InChI=1S/C19H14ClFN2O2/c20-17-11-14(21)6-7-16(17)19(24)23-12-13-8-9-22-18(10-13)25-15-4-2-1-3-5-15/h1-11H,12H2,(H,23,24). The van der Waals surface area contributed by atoms with Gasteiger partial charge < -0.3 is 10.1 Å². The van der Waals surface area contributed by atoms with Crippen molar-refractivity contribution >= 4 is 17.5 Å². The zero-order valence-electron chi connectivity index (χ0n) is 13.1. The molecule has 0 fully saturated rings. The molecule has 0 bridgehead atoms. The number of para-hydroxylation sites is 1. The predicted molar refractivity (Wildman–Crippen MR) is 93.3 cm³/mol. The number of carbonyl (C=O) groups excluding carboxylic acids is 1. The molecule has 1 aromatic heterocycles. The number of hydrogen-bond acceptors (Lipinski definition) is 3. The molecule has 0 aliphatic carbocycles. The van der Waals surface area contributed by atoms with Gasteiger partial charge in [-0.25, -0.2) is 9.37 Å². The summed E-state index contributed by atoms with van der Waals surface area (Å²) in [6.07, 6.45) is 1.60. The number of rotatable bonds is 5. The van der Waals surface area contributed by atoms with Crippen LogP contribution in [0, 0.1) is 5.82 Å². The van der Waals surface area contributed by atoms with Gasteiger partial charge in [-0.15, -0.1) is 0 Å². The number of aromatic nitrogens is 1. The van der Waals surface area contributed by atoms with Gasteiger partial charge in [0.1, 0.15) is 11.6 Å². The zero-order valence-corrected chi connectivity index (χ0v) is 13.8. The zero-order chi connectivity index (χ0) is 17.6. The summed E-state index contributed by atoms with van der Waals surface area (Å²) in [4.78, 5) is 16.3. The Kier molecular flexibility index (Phi) is 5.26. The van der Waals surface area contributed by atoms with Crippen LogP contribution in [0.4, 0.5) is 4.39 Å². The predicted octanol–water partition coefficient (Wildman–Crippen LogP) is 4.60. The normalized spacial score (nSPS) is 10.3. The van der Waals surface area contributed by atoms with Crippen LogP contribution in [0.25, 0.3) is 0 Å². The summed E-state index contributed by atoms with van der Waals surface area (Å²) in [5.74, 6) is 0.234. The third-order valence-electron chi connectivity index (χ3n) is 3.39. The number of benzene rings is 2. The van der Waals surface area contributed by atoms with Crippen LogP contribution in [-0.2, 0) is 6.54 Å². The summed E-state index contributed by atoms with van der Waals surface area (Å²) in [6, 6.07) is 16.4. The van der Waals surface area contributed by atoms with E-state index in [1.807, 2.05) is 30.3 Å². The number of ether oxygens (including phenoxy) is 1. The fourth-order valence-electron chi connectivity index (χ4n) is 2.18. The summed E-state index contributed by atoms with van der Waals surface area (Å²) < 4.78 is 18.7. The van der Waals surface area contributed by atoms with Crippen LogP contribution >= 0.6 is 11.6 Å². The number of pyridine rings is 1. The van der Waals surface area contributed by atoms with Gasteiger partial charge in [0.2, 0.25) is 5.88 Å². The van der Waals surface area contributed by atoms with E-state index in [0.717, 1.165) is 11.6 Å². The summed E-state index contributed by atoms with van der Waals surface area (Å²) >= 11 is 5.89. The molecule has 2 aromatic carbocycles. The van der Waals surface area contributed by atoms with E-state index in [1.54, 1.807) is 18.3 Å². The van der Waals surface area contributed by atoms with Crippen molar-refractivity contribution in [3.8, 4) is 11.6 Å². The van der Waals surface area contributed by atoms with Crippen LogP contribution in [0.1, 0.15) is 15.9 Å². The lowest BCUT2D eigenvalue weighted by Crippen LogP contribution is -2.23. The molecule has 3 rings (SSSR count). The first-order valence-electron chi connectivity index (χ1n) is 7.53. The molecule has 126 valence electrons. The number of nitrogens with one attached hydrogen (secondary N) is 1. The van der Waals surface area contributed by atoms with E-state index >= 15 is 0 Å². The molecule has 0 spiro atoms. The number of carbonyl (C=O) groups is 1. The van der Waals surface area contributed by atoms with Gasteiger partial charge >= 0.3 is 0 Å². The third-order valence-corrected chi connectivity index (χ3v) is 3.71. The van der Waals surface area contributed by atoms with E-state index < -0.39 is 5.82 Å². The van der Waals surface area contributed by atoms with E-state index in [1.165, 1.54) is 12.1 Å². The number of halogens is 2. The van der Waals surface area contributed by atoms with E-state index in [-0.39, 0.29) is 23.0 Å². The first-order chi connectivity index (χ1) is 12.1. The Balaban J connectivity index is 1.65. The summed E-state index contributed by atoms with van der Waals surface area (Å²) in [5, 5.41) is 2.81. The molecule has 0 radical (unpaired) electrons. The van der Waals surface area contributed by atoms with Crippen LogP contribution in [0.2, 0.25) is 5.02 Å². The average Bonchev–Trinajstić information content (AvgIpc) is 2.61. The SMILES string of the molecule is O=C(NCc1ccnc(Oc2ccccc2)c1)c1ccc(F)cc1Cl. The highest BCUT2D eigenvalue weighted by Crippen LogP contribution is 2.20. The lowest BCUT2D eigenvalue weighted by atomic mass is 10.2. The highest BCUT2D eigenvalue weighted by Gasteiger charge is 2.11. The Morgan fingerprint density at radius 1 is 1.12 bits per heavy atom. The molecule has 25 heavy (non-hydrogen) atoms. The molecule has 1 N–H and O–H groups in total. The molecular weight excluding hydrogens is 343 g/mol. The van der Waals surface area contributed by atoms with E-state index in [0.29, 0.717) is 11.6 Å². The highest BCUT2D eigenvalue weighted by atomic mass is 35.5. The van der Waals surface area contributed by atoms with Crippen LogP contribution in [0.5, 0.6) is 11.6 Å². The molecular formula is C19H14ClFN2O2. The first-order valence-corrected chi connectivity index (χ1v) is 7.91. The van der Waals surface area contributed by atoms with Gasteiger partial charge in [-0.3, -0.25) is 4.79 Å². The first kappa shape index (κ1) is 16.9. The third kappa shape index (κ3) is 4.55. The van der Waals surface area contributed by atoms with Crippen LogP contribution in [-0.4, -0.2) is 10.9 Å². The lowest BCUT2D eigenvalue weighted by molar-refractivity contribution is 0.0951. The Labute approximate surface area is 149 Å². The van der Waals surface area contributed by atoms with Crippen molar-refractivity contribution in [2.75, 3.05) is 0 Å².